The third-order valence-electron chi connectivity index (χ3n) is 4.24. The number of aliphatic imine (C=N–C) groups is 1. The van der Waals surface area contributed by atoms with E-state index in [1.165, 1.54) is 28.5 Å². The van der Waals surface area contributed by atoms with Gasteiger partial charge in [0.05, 0.1) is 19.8 Å². The van der Waals surface area contributed by atoms with Gasteiger partial charge in [0.25, 0.3) is 10.0 Å². The molecule has 0 saturated carbocycles. The zero-order valence-corrected chi connectivity index (χ0v) is 18.3. The summed E-state index contributed by atoms with van der Waals surface area (Å²) in [4.78, 5) is 7.53. The molecule has 0 bridgehead atoms. The zero-order valence-electron chi connectivity index (χ0n) is 14.3. The van der Waals surface area contributed by atoms with Crippen LogP contribution < -0.4 is 5.32 Å². The van der Waals surface area contributed by atoms with Gasteiger partial charge in [0.1, 0.15) is 4.21 Å². The molecule has 3 heterocycles. The molecule has 0 amide bonds. The van der Waals surface area contributed by atoms with Gasteiger partial charge >= 0.3 is 0 Å². The summed E-state index contributed by atoms with van der Waals surface area (Å²) in [5.74, 6) is 0.887. The van der Waals surface area contributed by atoms with Crippen LogP contribution in [0.3, 0.4) is 0 Å². The average Bonchev–Trinajstić information content (AvgIpc) is 3.28. The number of nitrogens with one attached hydrogen (secondary N) is 1. The molecule has 0 aliphatic carbocycles. The highest BCUT2D eigenvalue weighted by Gasteiger charge is 2.27. The number of halogens is 1. The SMILES string of the molecule is CN=C(NCc1ccc(S(=O)(=O)N2CCOCC2)s1)N1CCCC1.I. The van der Waals surface area contributed by atoms with Crippen LogP contribution in [0.4, 0.5) is 0 Å². The molecule has 142 valence electrons. The first-order valence-corrected chi connectivity index (χ1v) is 10.5. The Morgan fingerprint density at radius 1 is 1.24 bits per heavy atom. The second-order valence-electron chi connectivity index (χ2n) is 5.83. The van der Waals surface area contributed by atoms with E-state index in [0.29, 0.717) is 37.1 Å². The van der Waals surface area contributed by atoms with Gasteiger partial charge in [0.15, 0.2) is 5.96 Å². The van der Waals surface area contributed by atoms with Crippen LogP contribution in [0.5, 0.6) is 0 Å². The van der Waals surface area contributed by atoms with Gasteiger partial charge in [-0.1, -0.05) is 0 Å². The number of thiophene rings is 1. The summed E-state index contributed by atoms with van der Waals surface area (Å²) in [6.07, 6.45) is 2.39. The van der Waals surface area contributed by atoms with Crippen LogP contribution in [-0.2, 0) is 21.3 Å². The van der Waals surface area contributed by atoms with Crippen molar-refractivity contribution in [1.82, 2.24) is 14.5 Å². The third kappa shape index (κ3) is 5.06. The Morgan fingerprint density at radius 3 is 2.56 bits per heavy atom. The monoisotopic (exact) mass is 500 g/mol. The quantitative estimate of drug-likeness (QED) is 0.386. The maximum absolute atomic E-state index is 12.6. The first-order chi connectivity index (χ1) is 11.6. The van der Waals surface area contributed by atoms with Gasteiger partial charge < -0.3 is 15.0 Å². The molecule has 0 unspecified atom stereocenters. The molecular weight excluding hydrogens is 475 g/mol. The molecule has 0 atom stereocenters. The minimum Gasteiger partial charge on any atom is -0.379 e. The molecule has 7 nitrogen and oxygen atoms in total. The van der Waals surface area contributed by atoms with Crippen molar-refractivity contribution in [1.29, 1.82) is 0 Å². The van der Waals surface area contributed by atoms with Crippen molar-refractivity contribution < 1.29 is 13.2 Å². The molecule has 10 heteroatoms. The van der Waals surface area contributed by atoms with Crippen LogP contribution in [0.15, 0.2) is 21.3 Å². The number of rotatable bonds is 4. The molecule has 25 heavy (non-hydrogen) atoms. The number of hydrogen-bond donors (Lipinski definition) is 1. The van der Waals surface area contributed by atoms with Crippen LogP contribution in [0.1, 0.15) is 17.7 Å². The Balaban J connectivity index is 0.00000225. The average molecular weight is 500 g/mol. The van der Waals surface area contributed by atoms with E-state index in [2.05, 4.69) is 15.2 Å². The van der Waals surface area contributed by atoms with Crippen molar-refractivity contribution in [3.8, 4) is 0 Å². The first-order valence-electron chi connectivity index (χ1n) is 8.23. The van der Waals surface area contributed by atoms with E-state index in [1.807, 2.05) is 6.07 Å². The molecule has 0 spiro atoms. The Bertz CT molecular complexity index is 681. The summed E-state index contributed by atoms with van der Waals surface area (Å²) < 4.78 is 32.4. The maximum atomic E-state index is 12.6. The van der Waals surface area contributed by atoms with E-state index in [9.17, 15) is 8.42 Å². The first kappa shape index (κ1) is 20.9. The summed E-state index contributed by atoms with van der Waals surface area (Å²) in [6, 6.07) is 3.58. The Kier molecular flexibility index (Phi) is 7.92. The summed E-state index contributed by atoms with van der Waals surface area (Å²) in [5.41, 5.74) is 0. The van der Waals surface area contributed by atoms with Crippen LogP contribution >= 0.6 is 35.3 Å². The van der Waals surface area contributed by atoms with E-state index < -0.39 is 10.0 Å². The van der Waals surface area contributed by atoms with Crippen LogP contribution in [-0.4, -0.2) is 70.0 Å². The van der Waals surface area contributed by atoms with Gasteiger partial charge in [0, 0.05) is 38.1 Å². The van der Waals surface area contributed by atoms with Gasteiger partial charge in [-0.25, -0.2) is 8.42 Å². The highest BCUT2D eigenvalue weighted by molar-refractivity contribution is 14.0. The van der Waals surface area contributed by atoms with Crippen LogP contribution in [0.2, 0.25) is 0 Å². The summed E-state index contributed by atoms with van der Waals surface area (Å²) >= 11 is 1.32. The standard InChI is InChI=1S/C15H24N4O3S2.HI/c1-16-15(18-6-2-3-7-18)17-12-13-4-5-14(23-13)24(20,21)19-8-10-22-11-9-19;/h4-5H,2-3,6-12H2,1H3,(H,16,17);1H. The van der Waals surface area contributed by atoms with Crippen LogP contribution in [0.25, 0.3) is 0 Å². The number of nitrogens with zero attached hydrogens (tertiary/aromatic N) is 3. The summed E-state index contributed by atoms with van der Waals surface area (Å²) in [7, 11) is -1.62. The molecule has 1 aromatic heterocycles. The summed E-state index contributed by atoms with van der Waals surface area (Å²) in [6.45, 7) is 4.43. The van der Waals surface area contributed by atoms with Crippen molar-refractivity contribution in [3.63, 3.8) is 0 Å². The third-order valence-corrected chi connectivity index (χ3v) is 7.69. The lowest BCUT2D eigenvalue weighted by Gasteiger charge is -2.25. The topological polar surface area (TPSA) is 74.2 Å². The summed E-state index contributed by atoms with van der Waals surface area (Å²) in [5, 5.41) is 3.33. The van der Waals surface area contributed by atoms with Crippen molar-refractivity contribution in [3.05, 3.63) is 17.0 Å². The van der Waals surface area contributed by atoms with Gasteiger partial charge in [-0.05, 0) is 25.0 Å². The number of morpholine rings is 1. The van der Waals surface area contributed by atoms with Crippen molar-refractivity contribution >= 4 is 51.3 Å². The fourth-order valence-electron chi connectivity index (χ4n) is 2.93. The second-order valence-corrected chi connectivity index (χ2v) is 9.17. The molecule has 0 aromatic carbocycles. The van der Waals surface area contributed by atoms with E-state index >= 15 is 0 Å². The predicted molar refractivity (Wildman–Crippen MR) is 110 cm³/mol. The molecule has 0 radical (unpaired) electrons. The number of guanidine groups is 1. The lowest BCUT2D eigenvalue weighted by atomic mass is 10.4. The van der Waals surface area contributed by atoms with E-state index in [-0.39, 0.29) is 24.0 Å². The minimum absolute atomic E-state index is 0. The fraction of sp³-hybridized carbons (Fsp3) is 0.667. The van der Waals surface area contributed by atoms with Gasteiger partial charge in [-0.3, -0.25) is 4.99 Å². The zero-order chi connectivity index (χ0) is 17.0. The molecule has 2 saturated heterocycles. The Hall–Kier alpha value is -0.430. The highest BCUT2D eigenvalue weighted by atomic mass is 127. The predicted octanol–water partition coefficient (Wildman–Crippen LogP) is 1.56. The van der Waals surface area contributed by atoms with Gasteiger partial charge in [-0.2, -0.15) is 4.31 Å². The lowest BCUT2D eigenvalue weighted by Crippen LogP contribution is -2.40. The largest absolute Gasteiger partial charge is 0.379 e. The Morgan fingerprint density at radius 2 is 1.92 bits per heavy atom. The highest BCUT2D eigenvalue weighted by Crippen LogP contribution is 2.25. The van der Waals surface area contributed by atoms with E-state index in [1.54, 1.807) is 13.1 Å². The Labute approximate surface area is 170 Å². The van der Waals surface area contributed by atoms with E-state index in [4.69, 9.17) is 4.74 Å². The second kappa shape index (κ2) is 9.49. The van der Waals surface area contributed by atoms with Crippen molar-refractivity contribution in [2.24, 2.45) is 4.99 Å². The van der Waals surface area contributed by atoms with Crippen molar-refractivity contribution in [2.45, 2.75) is 23.6 Å². The molecule has 1 N–H and O–H groups in total. The fourth-order valence-corrected chi connectivity index (χ4v) is 5.79. The maximum Gasteiger partial charge on any atom is 0.252 e. The van der Waals surface area contributed by atoms with Crippen molar-refractivity contribution in [2.75, 3.05) is 46.4 Å². The minimum atomic E-state index is -3.40. The normalized spacial score (nSPS) is 19.7. The molecule has 2 fully saturated rings. The number of likely N-dealkylation sites (tertiary alicyclic amines) is 1. The van der Waals surface area contributed by atoms with E-state index in [0.717, 1.165) is 23.9 Å². The smallest absolute Gasteiger partial charge is 0.252 e. The number of sulfonamides is 1. The molecular formula is C15H25IN4O3S2. The molecule has 3 rings (SSSR count). The number of ether oxygens (including phenoxy) is 1. The van der Waals surface area contributed by atoms with Gasteiger partial charge in [0.2, 0.25) is 0 Å². The molecule has 2 aliphatic heterocycles. The lowest BCUT2D eigenvalue weighted by molar-refractivity contribution is 0.0731. The van der Waals surface area contributed by atoms with Gasteiger partial charge in [-0.15, -0.1) is 35.3 Å². The molecule has 1 aromatic rings. The number of hydrogen-bond acceptors (Lipinski definition) is 5. The van der Waals surface area contributed by atoms with Crippen LogP contribution in [0, 0.1) is 0 Å². The molecule has 2 aliphatic rings.